The number of aryl methyl sites for hydroxylation is 1. The zero-order valence-electron chi connectivity index (χ0n) is 11.6. The van der Waals surface area contributed by atoms with Crippen LogP contribution in [0.5, 0.6) is 0 Å². The third-order valence-corrected chi connectivity index (χ3v) is 2.93. The number of hydrogen-bond donors (Lipinski definition) is 2. The normalized spacial score (nSPS) is 9.76. The molecule has 0 fully saturated rings. The second-order valence-corrected chi connectivity index (χ2v) is 4.51. The smallest absolute Gasteiger partial charge is 0.220 e. The van der Waals surface area contributed by atoms with E-state index in [1.165, 1.54) is 0 Å². The first-order valence-electron chi connectivity index (χ1n) is 6.75. The molecule has 0 aliphatic carbocycles. The Kier molecular flexibility index (Phi) is 5.62. The number of furan rings is 1. The summed E-state index contributed by atoms with van der Waals surface area (Å²) in [5.74, 6) is 6.23. The summed E-state index contributed by atoms with van der Waals surface area (Å²) in [6.45, 7) is 0.345. The molecule has 1 aromatic carbocycles. The van der Waals surface area contributed by atoms with Crippen LogP contribution < -0.4 is 5.32 Å². The standard InChI is InChI=1S/C17H17NO3/c19-11-1-3-14-5-7-15(8-6-14)13-18-17(20)10-9-16-4-2-12-21-16/h2,4-8,12,19H,9-11,13H2,(H,18,20). The van der Waals surface area contributed by atoms with Crippen molar-refractivity contribution in [2.75, 3.05) is 6.61 Å². The van der Waals surface area contributed by atoms with Crippen LogP contribution in [0.25, 0.3) is 0 Å². The lowest BCUT2D eigenvalue weighted by Gasteiger charge is -2.05. The van der Waals surface area contributed by atoms with Crippen molar-refractivity contribution in [2.45, 2.75) is 19.4 Å². The van der Waals surface area contributed by atoms with Crippen LogP contribution in [0.15, 0.2) is 47.1 Å². The minimum Gasteiger partial charge on any atom is -0.469 e. The van der Waals surface area contributed by atoms with E-state index in [4.69, 9.17) is 9.52 Å². The minimum absolute atomic E-state index is 0.00412. The van der Waals surface area contributed by atoms with Crippen LogP contribution >= 0.6 is 0 Å². The molecule has 1 amide bonds. The molecule has 2 aromatic rings. The summed E-state index contributed by atoms with van der Waals surface area (Å²) in [6, 6.07) is 11.2. The van der Waals surface area contributed by atoms with E-state index in [2.05, 4.69) is 17.2 Å². The van der Waals surface area contributed by atoms with Crippen molar-refractivity contribution >= 4 is 5.91 Å². The molecule has 21 heavy (non-hydrogen) atoms. The molecule has 2 N–H and O–H groups in total. The van der Waals surface area contributed by atoms with Crippen LogP contribution in [-0.2, 0) is 17.8 Å². The first kappa shape index (κ1) is 14.9. The van der Waals surface area contributed by atoms with Crippen LogP contribution in [0.1, 0.15) is 23.3 Å². The summed E-state index contributed by atoms with van der Waals surface area (Å²) in [7, 11) is 0. The predicted octanol–water partition coefficient (Wildman–Crippen LogP) is 1.87. The molecule has 108 valence electrons. The lowest BCUT2D eigenvalue weighted by Crippen LogP contribution is -2.22. The van der Waals surface area contributed by atoms with Gasteiger partial charge in [-0.05, 0) is 29.8 Å². The van der Waals surface area contributed by atoms with Crippen molar-refractivity contribution in [3.05, 3.63) is 59.5 Å². The van der Waals surface area contributed by atoms with Crippen LogP contribution in [0.2, 0.25) is 0 Å². The fourth-order valence-corrected chi connectivity index (χ4v) is 1.83. The number of benzene rings is 1. The van der Waals surface area contributed by atoms with Gasteiger partial charge in [0.05, 0.1) is 6.26 Å². The molecule has 4 nitrogen and oxygen atoms in total. The highest BCUT2D eigenvalue weighted by Gasteiger charge is 2.03. The van der Waals surface area contributed by atoms with E-state index in [1.54, 1.807) is 6.26 Å². The zero-order valence-corrected chi connectivity index (χ0v) is 11.6. The van der Waals surface area contributed by atoms with Crippen molar-refractivity contribution in [2.24, 2.45) is 0 Å². The van der Waals surface area contributed by atoms with Gasteiger partial charge in [0.15, 0.2) is 0 Å². The first-order chi connectivity index (χ1) is 10.3. The van der Waals surface area contributed by atoms with Gasteiger partial charge in [-0.1, -0.05) is 24.0 Å². The van der Waals surface area contributed by atoms with Gasteiger partial charge < -0.3 is 14.8 Å². The number of hydrogen-bond acceptors (Lipinski definition) is 3. The van der Waals surface area contributed by atoms with E-state index in [0.29, 0.717) is 19.4 Å². The Hall–Kier alpha value is -2.51. The van der Waals surface area contributed by atoms with Gasteiger partial charge in [0.25, 0.3) is 0 Å². The maximum atomic E-state index is 11.7. The average molecular weight is 283 g/mol. The summed E-state index contributed by atoms with van der Waals surface area (Å²) in [6.07, 6.45) is 2.62. The van der Waals surface area contributed by atoms with Crippen LogP contribution in [0.3, 0.4) is 0 Å². The first-order valence-corrected chi connectivity index (χ1v) is 6.75. The number of carbonyl (C=O) groups is 1. The van der Waals surface area contributed by atoms with Crippen molar-refractivity contribution in [1.29, 1.82) is 0 Å². The van der Waals surface area contributed by atoms with Gasteiger partial charge in [-0.25, -0.2) is 0 Å². The van der Waals surface area contributed by atoms with Crippen molar-refractivity contribution < 1.29 is 14.3 Å². The molecule has 0 unspecified atom stereocenters. The topological polar surface area (TPSA) is 62.5 Å². The maximum Gasteiger partial charge on any atom is 0.220 e. The third kappa shape index (κ3) is 5.17. The van der Waals surface area contributed by atoms with Gasteiger partial charge in [0.1, 0.15) is 12.4 Å². The summed E-state index contributed by atoms with van der Waals surface area (Å²) >= 11 is 0. The highest BCUT2D eigenvalue weighted by atomic mass is 16.3. The fraction of sp³-hybridized carbons (Fsp3) is 0.235. The summed E-state index contributed by atoms with van der Waals surface area (Å²) < 4.78 is 5.18. The Morgan fingerprint density at radius 3 is 2.71 bits per heavy atom. The van der Waals surface area contributed by atoms with Gasteiger partial charge in [-0.2, -0.15) is 0 Å². The summed E-state index contributed by atoms with van der Waals surface area (Å²) in [5.41, 5.74) is 1.85. The van der Waals surface area contributed by atoms with Crippen LogP contribution in [-0.4, -0.2) is 17.6 Å². The zero-order chi connectivity index (χ0) is 14.9. The molecule has 0 spiro atoms. The summed E-state index contributed by atoms with van der Waals surface area (Å²) in [4.78, 5) is 11.7. The lowest BCUT2D eigenvalue weighted by molar-refractivity contribution is -0.121. The third-order valence-electron chi connectivity index (χ3n) is 2.93. The molecular formula is C17H17NO3. The number of amides is 1. The van der Waals surface area contributed by atoms with E-state index in [-0.39, 0.29) is 12.5 Å². The molecule has 4 heteroatoms. The molecule has 1 aromatic heterocycles. The van der Waals surface area contributed by atoms with E-state index < -0.39 is 0 Å². The van der Waals surface area contributed by atoms with E-state index in [0.717, 1.165) is 16.9 Å². The lowest BCUT2D eigenvalue weighted by atomic mass is 10.1. The molecule has 0 aliphatic heterocycles. The van der Waals surface area contributed by atoms with Gasteiger partial charge in [-0.15, -0.1) is 0 Å². The molecule has 0 saturated carbocycles. The van der Waals surface area contributed by atoms with Gasteiger partial charge in [0.2, 0.25) is 5.91 Å². The Morgan fingerprint density at radius 2 is 2.05 bits per heavy atom. The molecule has 1 heterocycles. The van der Waals surface area contributed by atoms with E-state index in [1.807, 2.05) is 36.4 Å². The largest absolute Gasteiger partial charge is 0.469 e. The van der Waals surface area contributed by atoms with Crippen molar-refractivity contribution in [3.63, 3.8) is 0 Å². The molecule has 0 bridgehead atoms. The summed E-state index contributed by atoms with van der Waals surface area (Å²) in [5, 5.41) is 11.5. The van der Waals surface area contributed by atoms with Gasteiger partial charge >= 0.3 is 0 Å². The predicted molar refractivity (Wildman–Crippen MR) is 79.3 cm³/mol. The number of carbonyl (C=O) groups excluding carboxylic acids is 1. The maximum absolute atomic E-state index is 11.7. The fourth-order valence-electron chi connectivity index (χ4n) is 1.83. The Morgan fingerprint density at radius 1 is 1.24 bits per heavy atom. The molecule has 0 atom stereocenters. The van der Waals surface area contributed by atoms with Crippen molar-refractivity contribution in [3.8, 4) is 11.8 Å². The molecule has 2 rings (SSSR count). The molecule has 0 radical (unpaired) electrons. The van der Waals surface area contributed by atoms with Crippen molar-refractivity contribution in [1.82, 2.24) is 5.32 Å². The SMILES string of the molecule is O=C(CCc1ccco1)NCc1ccc(C#CCO)cc1. The Balaban J connectivity index is 1.75. The highest BCUT2D eigenvalue weighted by Crippen LogP contribution is 2.05. The average Bonchev–Trinajstić information content (AvgIpc) is 3.03. The van der Waals surface area contributed by atoms with Gasteiger partial charge in [0, 0.05) is 24.9 Å². The Bertz CT molecular complexity index is 618. The minimum atomic E-state index is -0.145. The highest BCUT2D eigenvalue weighted by molar-refractivity contribution is 5.76. The number of rotatable bonds is 5. The second-order valence-electron chi connectivity index (χ2n) is 4.51. The molecular weight excluding hydrogens is 266 g/mol. The van der Waals surface area contributed by atoms with Crippen LogP contribution in [0, 0.1) is 11.8 Å². The molecule has 0 saturated heterocycles. The van der Waals surface area contributed by atoms with Gasteiger partial charge in [-0.3, -0.25) is 4.79 Å². The van der Waals surface area contributed by atoms with Crippen LogP contribution in [0.4, 0.5) is 0 Å². The quantitative estimate of drug-likeness (QED) is 0.823. The van der Waals surface area contributed by atoms with E-state index in [9.17, 15) is 4.79 Å². The van der Waals surface area contributed by atoms with E-state index >= 15 is 0 Å². The number of nitrogens with one attached hydrogen (secondary N) is 1. The number of aliphatic hydroxyl groups is 1. The Labute approximate surface area is 123 Å². The second kappa shape index (κ2) is 7.93. The monoisotopic (exact) mass is 283 g/mol. The number of aliphatic hydroxyl groups excluding tert-OH is 1. The molecule has 0 aliphatic rings.